The quantitative estimate of drug-likeness (QED) is 0.922. The van der Waals surface area contributed by atoms with Gasteiger partial charge in [-0.1, -0.05) is 39.0 Å². The number of hydrogen-bond acceptors (Lipinski definition) is 3. The van der Waals surface area contributed by atoms with Gasteiger partial charge in [-0.3, -0.25) is 4.79 Å². The molecule has 1 saturated heterocycles. The molecule has 1 unspecified atom stereocenters. The fourth-order valence-electron chi connectivity index (χ4n) is 2.21. The third kappa shape index (κ3) is 3.63. The van der Waals surface area contributed by atoms with E-state index >= 15 is 0 Å². The van der Waals surface area contributed by atoms with Crippen molar-refractivity contribution in [1.82, 2.24) is 9.62 Å². The number of amides is 1. The summed E-state index contributed by atoms with van der Waals surface area (Å²) in [7, 11) is -3.46. The van der Waals surface area contributed by atoms with Gasteiger partial charge in [0.05, 0.1) is 4.90 Å². The van der Waals surface area contributed by atoms with E-state index in [2.05, 4.69) is 5.32 Å². The Morgan fingerprint density at radius 1 is 1.24 bits per heavy atom. The summed E-state index contributed by atoms with van der Waals surface area (Å²) >= 11 is 0. The van der Waals surface area contributed by atoms with Gasteiger partial charge in [0.15, 0.2) is 0 Å². The Bertz CT molecular complexity index is 606. The van der Waals surface area contributed by atoms with Crippen molar-refractivity contribution in [3.63, 3.8) is 0 Å². The summed E-state index contributed by atoms with van der Waals surface area (Å²) in [4.78, 5) is 12.3. The first-order chi connectivity index (χ1) is 9.71. The molecule has 1 fully saturated rings. The summed E-state index contributed by atoms with van der Waals surface area (Å²) in [5, 5.41) is 2.93. The Labute approximate surface area is 126 Å². The molecule has 116 valence electrons. The van der Waals surface area contributed by atoms with Gasteiger partial charge in [-0.2, -0.15) is 4.31 Å². The zero-order valence-corrected chi connectivity index (χ0v) is 13.5. The van der Waals surface area contributed by atoms with E-state index in [0.29, 0.717) is 24.4 Å². The van der Waals surface area contributed by atoms with Crippen molar-refractivity contribution >= 4 is 15.9 Å². The van der Waals surface area contributed by atoms with Crippen molar-refractivity contribution in [3.8, 4) is 0 Å². The van der Waals surface area contributed by atoms with Gasteiger partial charge in [0.2, 0.25) is 15.9 Å². The third-order valence-corrected chi connectivity index (χ3v) is 5.43. The molecule has 1 aliphatic heterocycles. The average Bonchev–Trinajstić information content (AvgIpc) is 2.88. The molecule has 0 spiro atoms. The van der Waals surface area contributed by atoms with Crippen LogP contribution in [-0.2, 0) is 14.8 Å². The van der Waals surface area contributed by atoms with E-state index in [0.717, 1.165) is 0 Å². The fraction of sp³-hybridized carbons (Fsp3) is 0.533. The van der Waals surface area contributed by atoms with E-state index in [1.807, 2.05) is 20.8 Å². The van der Waals surface area contributed by atoms with Gasteiger partial charge in [0, 0.05) is 24.5 Å². The molecule has 1 aromatic rings. The topological polar surface area (TPSA) is 66.5 Å². The van der Waals surface area contributed by atoms with Gasteiger partial charge in [-0.15, -0.1) is 0 Å². The molecular weight excluding hydrogens is 288 g/mol. The Morgan fingerprint density at radius 3 is 2.43 bits per heavy atom. The number of nitrogens with zero attached hydrogens (tertiary/aromatic N) is 1. The summed E-state index contributed by atoms with van der Waals surface area (Å²) in [5.74, 6) is -0.0496. The van der Waals surface area contributed by atoms with Gasteiger partial charge in [-0.25, -0.2) is 8.42 Å². The maximum atomic E-state index is 12.5. The predicted octanol–water partition coefficient (Wildman–Crippen LogP) is 1.61. The molecule has 1 aromatic carbocycles. The molecule has 1 heterocycles. The van der Waals surface area contributed by atoms with Gasteiger partial charge < -0.3 is 5.32 Å². The number of carbonyl (C=O) groups is 1. The summed E-state index contributed by atoms with van der Waals surface area (Å²) in [5.41, 5.74) is -0.467. The monoisotopic (exact) mass is 310 g/mol. The molecule has 1 aliphatic rings. The van der Waals surface area contributed by atoms with Crippen LogP contribution in [0.3, 0.4) is 0 Å². The summed E-state index contributed by atoms with van der Waals surface area (Å²) in [6.07, 6.45) is 0.647. The zero-order valence-electron chi connectivity index (χ0n) is 12.7. The van der Waals surface area contributed by atoms with Crippen LogP contribution in [0.2, 0.25) is 0 Å². The van der Waals surface area contributed by atoms with Crippen molar-refractivity contribution in [3.05, 3.63) is 30.3 Å². The average molecular weight is 310 g/mol. The standard InChI is InChI=1S/C15H22N2O3S/c1-15(2,3)14(18)16-12-9-10-17(11-12)21(19,20)13-7-5-4-6-8-13/h4-8,12H,9-11H2,1-3H3,(H,16,18). The number of hydrogen-bond donors (Lipinski definition) is 1. The minimum Gasteiger partial charge on any atom is -0.352 e. The van der Waals surface area contributed by atoms with E-state index in [1.165, 1.54) is 4.31 Å². The second kappa shape index (κ2) is 5.77. The molecule has 1 amide bonds. The van der Waals surface area contributed by atoms with Crippen LogP contribution in [0.4, 0.5) is 0 Å². The summed E-state index contributed by atoms with van der Waals surface area (Å²) < 4.78 is 26.4. The first-order valence-corrected chi connectivity index (χ1v) is 8.51. The lowest BCUT2D eigenvalue weighted by Gasteiger charge is -2.22. The smallest absolute Gasteiger partial charge is 0.243 e. The Hall–Kier alpha value is -1.40. The van der Waals surface area contributed by atoms with Crippen LogP contribution in [0.5, 0.6) is 0 Å². The van der Waals surface area contributed by atoms with Crippen LogP contribution >= 0.6 is 0 Å². The van der Waals surface area contributed by atoms with Gasteiger partial charge in [-0.05, 0) is 18.6 Å². The SMILES string of the molecule is CC(C)(C)C(=O)NC1CCN(S(=O)(=O)c2ccccc2)C1. The Balaban J connectivity index is 2.04. The van der Waals surface area contributed by atoms with Gasteiger partial charge >= 0.3 is 0 Å². The van der Waals surface area contributed by atoms with E-state index in [-0.39, 0.29) is 11.9 Å². The molecule has 2 rings (SSSR count). The molecule has 6 heteroatoms. The predicted molar refractivity (Wildman–Crippen MR) is 81.2 cm³/mol. The maximum absolute atomic E-state index is 12.5. The molecule has 21 heavy (non-hydrogen) atoms. The van der Waals surface area contributed by atoms with E-state index < -0.39 is 15.4 Å². The molecule has 0 aromatic heterocycles. The molecule has 0 aliphatic carbocycles. The number of benzene rings is 1. The number of sulfonamides is 1. The zero-order chi connectivity index (χ0) is 15.7. The van der Waals surface area contributed by atoms with E-state index in [4.69, 9.17) is 0 Å². The third-order valence-electron chi connectivity index (χ3n) is 3.55. The molecule has 0 bridgehead atoms. The number of carbonyl (C=O) groups excluding carboxylic acids is 1. The van der Waals surface area contributed by atoms with Crippen LogP contribution in [0.1, 0.15) is 27.2 Å². The lowest BCUT2D eigenvalue weighted by molar-refractivity contribution is -0.129. The van der Waals surface area contributed by atoms with Crippen LogP contribution in [0.25, 0.3) is 0 Å². The van der Waals surface area contributed by atoms with Crippen LogP contribution in [0.15, 0.2) is 35.2 Å². The van der Waals surface area contributed by atoms with Crippen molar-refractivity contribution in [2.45, 2.75) is 38.1 Å². The summed E-state index contributed by atoms with van der Waals surface area (Å²) in [6.45, 7) is 6.30. The van der Waals surface area contributed by atoms with Gasteiger partial charge in [0.25, 0.3) is 0 Å². The highest BCUT2D eigenvalue weighted by atomic mass is 32.2. The molecular formula is C15H22N2O3S. The van der Waals surface area contributed by atoms with Crippen LogP contribution < -0.4 is 5.32 Å². The van der Waals surface area contributed by atoms with Crippen molar-refractivity contribution < 1.29 is 13.2 Å². The fourth-order valence-corrected chi connectivity index (χ4v) is 3.73. The van der Waals surface area contributed by atoms with Crippen molar-refractivity contribution in [2.75, 3.05) is 13.1 Å². The summed E-state index contributed by atoms with van der Waals surface area (Å²) in [6, 6.07) is 8.28. The normalized spacial score (nSPS) is 20.4. The minimum absolute atomic E-state index is 0.0496. The molecule has 0 radical (unpaired) electrons. The molecule has 0 saturated carbocycles. The van der Waals surface area contributed by atoms with Gasteiger partial charge in [0.1, 0.15) is 0 Å². The highest BCUT2D eigenvalue weighted by molar-refractivity contribution is 7.89. The van der Waals surface area contributed by atoms with E-state index in [9.17, 15) is 13.2 Å². The second-order valence-corrected chi connectivity index (χ2v) is 8.32. The molecule has 5 nitrogen and oxygen atoms in total. The lowest BCUT2D eigenvalue weighted by Crippen LogP contribution is -2.43. The number of rotatable bonds is 3. The minimum atomic E-state index is -3.46. The van der Waals surface area contributed by atoms with Crippen LogP contribution in [0, 0.1) is 5.41 Å². The van der Waals surface area contributed by atoms with Crippen LogP contribution in [-0.4, -0.2) is 37.8 Å². The lowest BCUT2D eigenvalue weighted by atomic mass is 9.95. The first kappa shape index (κ1) is 16.0. The molecule has 1 atom stereocenters. The maximum Gasteiger partial charge on any atom is 0.243 e. The highest BCUT2D eigenvalue weighted by Gasteiger charge is 2.34. The first-order valence-electron chi connectivity index (χ1n) is 7.07. The van der Waals surface area contributed by atoms with E-state index in [1.54, 1.807) is 30.3 Å². The molecule has 1 N–H and O–H groups in total. The Morgan fingerprint density at radius 2 is 1.86 bits per heavy atom. The van der Waals surface area contributed by atoms with Crippen molar-refractivity contribution in [2.24, 2.45) is 5.41 Å². The number of nitrogens with one attached hydrogen (secondary N) is 1. The van der Waals surface area contributed by atoms with Crippen molar-refractivity contribution in [1.29, 1.82) is 0 Å². The Kier molecular flexibility index (Phi) is 4.39. The largest absolute Gasteiger partial charge is 0.352 e. The second-order valence-electron chi connectivity index (χ2n) is 6.39. The highest BCUT2D eigenvalue weighted by Crippen LogP contribution is 2.22.